The fourth-order valence-corrected chi connectivity index (χ4v) is 3.19. The quantitative estimate of drug-likeness (QED) is 0.721. The fourth-order valence-electron chi connectivity index (χ4n) is 3.19. The van der Waals surface area contributed by atoms with Gasteiger partial charge in [-0.3, -0.25) is 9.78 Å². The molecule has 1 unspecified atom stereocenters. The molecular weight excluding hydrogens is 335 g/mol. The number of nitrogens with zero attached hydrogens (tertiary/aromatic N) is 4. The number of carbonyl (C=O) groups excluding carboxylic acids is 1. The lowest BCUT2D eigenvalue weighted by Gasteiger charge is -2.21. The van der Waals surface area contributed by atoms with E-state index in [1.165, 1.54) is 30.7 Å². The summed E-state index contributed by atoms with van der Waals surface area (Å²) in [7, 11) is 0. The summed E-state index contributed by atoms with van der Waals surface area (Å²) in [5.74, 6) is 0.775. The van der Waals surface area contributed by atoms with Crippen molar-refractivity contribution < 1.29 is 13.6 Å². The van der Waals surface area contributed by atoms with E-state index in [-0.39, 0.29) is 17.8 Å². The van der Waals surface area contributed by atoms with Crippen LogP contribution in [0.5, 0.6) is 0 Å². The van der Waals surface area contributed by atoms with E-state index in [2.05, 4.69) is 15.0 Å². The van der Waals surface area contributed by atoms with Crippen LogP contribution < -0.4 is 0 Å². The minimum Gasteiger partial charge on any atom is -0.443 e. The lowest BCUT2D eigenvalue weighted by molar-refractivity contribution is 0.0708. The number of hydrogen-bond donors (Lipinski definition) is 0. The summed E-state index contributed by atoms with van der Waals surface area (Å²) in [5.41, 5.74) is 1.26. The molecule has 1 aliphatic rings. The molecule has 3 aromatic rings. The fraction of sp³-hybridized carbons (Fsp3) is 0.263. The molecule has 0 saturated carbocycles. The Morgan fingerprint density at radius 3 is 2.81 bits per heavy atom. The Labute approximate surface area is 149 Å². The number of rotatable bonds is 4. The van der Waals surface area contributed by atoms with Crippen LogP contribution in [0.15, 0.2) is 53.5 Å². The summed E-state index contributed by atoms with van der Waals surface area (Å²) in [6.07, 6.45) is 8.38. The average Bonchev–Trinajstić information content (AvgIpc) is 3.33. The van der Waals surface area contributed by atoms with E-state index in [1.807, 2.05) is 0 Å². The lowest BCUT2D eigenvalue weighted by Crippen LogP contribution is -2.31. The Morgan fingerprint density at radius 2 is 2.04 bits per heavy atom. The van der Waals surface area contributed by atoms with Crippen LogP contribution in [0, 0.1) is 5.82 Å². The van der Waals surface area contributed by atoms with Gasteiger partial charge in [-0.15, -0.1) is 0 Å². The summed E-state index contributed by atoms with van der Waals surface area (Å²) in [6.45, 7) is 0.635. The van der Waals surface area contributed by atoms with Crippen LogP contribution in [-0.4, -0.2) is 32.3 Å². The number of halogens is 1. The topological polar surface area (TPSA) is 72.1 Å². The molecule has 2 aromatic heterocycles. The highest BCUT2D eigenvalue weighted by molar-refractivity contribution is 5.92. The van der Waals surface area contributed by atoms with E-state index in [9.17, 15) is 9.18 Å². The molecule has 0 aliphatic carbocycles. The van der Waals surface area contributed by atoms with Gasteiger partial charge in [0, 0.05) is 25.4 Å². The van der Waals surface area contributed by atoms with E-state index in [0.29, 0.717) is 30.3 Å². The van der Waals surface area contributed by atoms with Crippen LogP contribution >= 0.6 is 0 Å². The van der Waals surface area contributed by atoms with Crippen LogP contribution in [0.1, 0.15) is 46.6 Å². The molecule has 0 N–H and O–H groups in total. The second kappa shape index (κ2) is 7.03. The van der Waals surface area contributed by atoms with Gasteiger partial charge < -0.3 is 9.32 Å². The third-order valence-electron chi connectivity index (χ3n) is 4.44. The second-order valence-electron chi connectivity index (χ2n) is 6.22. The van der Waals surface area contributed by atoms with E-state index in [4.69, 9.17) is 4.42 Å². The second-order valence-corrected chi connectivity index (χ2v) is 6.22. The zero-order valence-electron chi connectivity index (χ0n) is 14.0. The Bertz CT molecular complexity index is 895. The molecule has 4 rings (SSSR count). The molecule has 26 heavy (non-hydrogen) atoms. The highest BCUT2D eigenvalue weighted by Gasteiger charge is 2.34. The van der Waals surface area contributed by atoms with Gasteiger partial charge in [-0.2, -0.15) is 0 Å². The third-order valence-corrected chi connectivity index (χ3v) is 4.44. The Hall–Kier alpha value is -3.09. The molecule has 0 spiro atoms. The maximum Gasteiger partial charge on any atom is 0.274 e. The molecular formula is C19H17FN4O2. The number of benzene rings is 1. The van der Waals surface area contributed by atoms with Gasteiger partial charge in [0.1, 0.15) is 23.3 Å². The Kier molecular flexibility index (Phi) is 4.43. The van der Waals surface area contributed by atoms with Crippen LogP contribution in [0.4, 0.5) is 4.39 Å². The predicted octanol–water partition coefficient (Wildman–Crippen LogP) is 3.17. The van der Waals surface area contributed by atoms with Crippen molar-refractivity contribution in [3.8, 4) is 0 Å². The number of amides is 1. The molecule has 1 aromatic carbocycles. The van der Waals surface area contributed by atoms with Crippen molar-refractivity contribution in [3.05, 3.63) is 77.8 Å². The first kappa shape index (κ1) is 16.4. The lowest BCUT2D eigenvalue weighted by atomic mass is 10.1. The van der Waals surface area contributed by atoms with Crippen molar-refractivity contribution in [2.75, 3.05) is 6.54 Å². The molecule has 1 amide bonds. The number of oxazole rings is 1. The van der Waals surface area contributed by atoms with Gasteiger partial charge >= 0.3 is 0 Å². The van der Waals surface area contributed by atoms with Gasteiger partial charge in [-0.25, -0.2) is 14.4 Å². The van der Waals surface area contributed by atoms with Crippen molar-refractivity contribution in [1.82, 2.24) is 19.9 Å². The smallest absolute Gasteiger partial charge is 0.274 e. The van der Waals surface area contributed by atoms with Gasteiger partial charge in [0.2, 0.25) is 5.89 Å². The van der Waals surface area contributed by atoms with E-state index >= 15 is 0 Å². The zero-order chi connectivity index (χ0) is 17.9. The normalized spacial score (nSPS) is 16.8. The minimum atomic E-state index is -0.267. The van der Waals surface area contributed by atoms with Gasteiger partial charge in [0.15, 0.2) is 0 Å². The number of hydrogen-bond acceptors (Lipinski definition) is 5. The van der Waals surface area contributed by atoms with Crippen molar-refractivity contribution in [1.29, 1.82) is 0 Å². The number of likely N-dealkylation sites (tertiary alicyclic amines) is 1. The summed E-state index contributed by atoms with van der Waals surface area (Å²) < 4.78 is 18.9. The van der Waals surface area contributed by atoms with Crippen molar-refractivity contribution in [2.24, 2.45) is 0 Å². The van der Waals surface area contributed by atoms with Gasteiger partial charge in [-0.05, 0) is 30.5 Å². The zero-order valence-corrected chi connectivity index (χ0v) is 14.0. The molecule has 1 saturated heterocycles. The number of aromatic nitrogens is 3. The van der Waals surface area contributed by atoms with E-state index in [1.54, 1.807) is 23.2 Å². The molecule has 132 valence electrons. The van der Waals surface area contributed by atoms with Crippen molar-refractivity contribution >= 4 is 5.91 Å². The van der Waals surface area contributed by atoms with Crippen LogP contribution in [0.2, 0.25) is 0 Å². The summed E-state index contributed by atoms with van der Waals surface area (Å²) in [4.78, 5) is 26.8. The van der Waals surface area contributed by atoms with Gasteiger partial charge in [0.05, 0.1) is 12.4 Å². The maximum atomic E-state index is 13.0. The molecule has 0 radical (unpaired) electrons. The van der Waals surface area contributed by atoms with E-state index < -0.39 is 0 Å². The first-order chi connectivity index (χ1) is 12.7. The first-order valence-corrected chi connectivity index (χ1v) is 8.47. The van der Waals surface area contributed by atoms with Crippen molar-refractivity contribution in [2.45, 2.75) is 25.3 Å². The highest BCUT2D eigenvalue weighted by Crippen LogP contribution is 2.32. The first-order valence-electron chi connectivity index (χ1n) is 8.47. The summed E-state index contributed by atoms with van der Waals surface area (Å²) >= 11 is 0. The Balaban J connectivity index is 1.51. The third kappa shape index (κ3) is 3.33. The van der Waals surface area contributed by atoms with Crippen LogP contribution in [-0.2, 0) is 6.42 Å². The molecule has 6 nitrogen and oxygen atoms in total. The SMILES string of the molecule is O=C(c1cnccn1)N1CCCC1c1ncc(Cc2ccc(F)cc2)o1. The highest BCUT2D eigenvalue weighted by atomic mass is 19.1. The van der Waals surface area contributed by atoms with Crippen LogP contribution in [0.25, 0.3) is 0 Å². The number of carbonyl (C=O) groups is 1. The average molecular weight is 352 g/mol. The van der Waals surface area contributed by atoms with Gasteiger partial charge in [-0.1, -0.05) is 12.1 Å². The monoisotopic (exact) mass is 352 g/mol. The molecule has 7 heteroatoms. The standard InChI is InChI=1S/C19H17FN4O2/c20-14-5-3-13(4-6-14)10-15-11-23-18(26-15)17-2-1-9-24(17)19(25)16-12-21-7-8-22-16/h3-8,11-12,17H,1-2,9-10H2. The summed E-state index contributed by atoms with van der Waals surface area (Å²) in [5, 5.41) is 0. The molecule has 0 bridgehead atoms. The van der Waals surface area contributed by atoms with Crippen molar-refractivity contribution in [3.63, 3.8) is 0 Å². The Morgan fingerprint density at radius 1 is 1.19 bits per heavy atom. The maximum absolute atomic E-state index is 13.0. The molecule has 1 aliphatic heterocycles. The predicted molar refractivity (Wildman–Crippen MR) is 90.8 cm³/mol. The summed E-state index contributed by atoms with van der Waals surface area (Å²) in [6, 6.07) is 6.08. The van der Waals surface area contributed by atoms with Crippen LogP contribution in [0.3, 0.4) is 0 Å². The minimum absolute atomic E-state index is 0.168. The molecule has 3 heterocycles. The molecule has 1 atom stereocenters. The largest absolute Gasteiger partial charge is 0.443 e. The van der Waals surface area contributed by atoms with Gasteiger partial charge in [0.25, 0.3) is 5.91 Å². The molecule has 1 fully saturated rings. The van der Waals surface area contributed by atoms with E-state index in [0.717, 1.165) is 18.4 Å².